The molecule has 4 heterocycles. The van der Waals surface area contributed by atoms with Gasteiger partial charge in [-0.3, -0.25) is 28.8 Å². The average molecular weight is 1060 g/mol. The summed E-state index contributed by atoms with van der Waals surface area (Å²) in [6.45, 7) is 11.5. The molecule has 2 aliphatic carbocycles. The summed E-state index contributed by atoms with van der Waals surface area (Å²) in [5, 5.41) is 35.4. The van der Waals surface area contributed by atoms with Gasteiger partial charge in [0.2, 0.25) is 23.7 Å². The maximum atomic E-state index is 14.8. The second kappa shape index (κ2) is 25.4. The quantitative estimate of drug-likeness (QED) is 0.115. The molecule has 416 valence electrons. The van der Waals surface area contributed by atoms with Gasteiger partial charge in [-0.25, -0.2) is 27.2 Å². The number of aliphatic hydroxyl groups excluding tert-OH is 2. The molecular formula is C50H77F4LiN4O15. The maximum Gasteiger partial charge on any atom is 1.00 e. The predicted molar refractivity (Wildman–Crippen MR) is 250 cm³/mol. The van der Waals surface area contributed by atoms with E-state index in [1.807, 2.05) is 0 Å². The number of alkyl halides is 4. The summed E-state index contributed by atoms with van der Waals surface area (Å²) < 4.78 is 74.4. The van der Waals surface area contributed by atoms with Gasteiger partial charge in [-0.15, -0.1) is 0 Å². The number of rotatable bonds is 5. The van der Waals surface area contributed by atoms with E-state index >= 15 is 0 Å². The fraction of sp³-hybridized carbons (Fsp3) is 0.840. The summed E-state index contributed by atoms with van der Waals surface area (Å²) >= 11 is 0. The molecule has 10 atom stereocenters. The number of halogens is 4. The van der Waals surface area contributed by atoms with E-state index in [9.17, 15) is 71.2 Å². The van der Waals surface area contributed by atoms with Crippen LogP contribution in [0.15, 0.2) is 0 Å². The Hall–Kier alpha value is -4.04. The normalized spacial score (nSPS) is 32.6. The Kier molecular flexibility index (Phi) is 22.1. The Labute approximate surface area is 442 Å². The summed E-state index contributed by atoms with van der Waals surface area (Å²) in [5.41, 5.74) is -4.53. The van der Waals surface area contributed by atoms with E-state index in [0.717, 1.165) is 0 Å². The van der Waals surface area contributed by atoms with Crippen LogP contribution in [-0.4, -0.2) is 157 Å². The van der Waals surface area contributed by atoms with Crippen molar-refractivity contribution in [3.05, 3.63) is 0 Å². The zero-order valence-electron chi connectivity index (χ0n) is 44.2. The average Bonchev–Trinajstić information content (AvgIpc) is 3.98. The summed E-state index contributed by atoms with van der Waals surface area (Å²) in [7, 11) is 0. The first kappa shape index (κ1) is 64.2. The molecule has 19 nitrogen and oxygen atoms in total. The minimum Gasteiger partial charge on any atom is -0.870 e. The minimum absolute atomic E-state index is 0. The number of carboxylic acids is 1. The largest absolute Gasteiger partial charge is 1.00 e. The van der Waals surface area contributed by atoms with Gasteiger partial charge >= 0.3 is 43.0 Å². The molecule has 0 radical (unpaired) electrons. The number of aliphatic hydroxyl groups is 2. The molecule has 0 aromatic carbocycles. The number of nitrogens with zero attached hydrogens (tertiary/aromatic N) is 2. The van der Waals surface area contributed by atoms with Crippen LogP contribution in [0.2, 0.25) is 0 Å². The molecule has 4 saturated heterocycles. The molecule has 6 fully saturated rings. The van der Waals surface area contributed by atoms with Gasteiger partial charge in [0.05, 0.1) is 41.7 Å². The number of carbonyl (C=O) groups is 8. The Morgan fingerprint density at radius 3 is 1.39 bits per heavy atom. The third kappa shape index (κ3) is 17.2. The van der Waals surface area contributed by atoms with Crippen molar-refractivity contribution < 1.29 is 110 Å². The molecule has 4 amide bonds. The molecule has 0 spiro atoms. The number of ether oxygens (including phenoxy) is 3. The van der Waals surface area contributed by atoms with E-state index in [4.69, 9.17) is 14.2 Å². The predicted octanol–water partition coefficient (Wildman–Crippen LogP) is 3.07. The first-order valence-corrected chi connectivity index (χ1v) is 25.5. The summed E-state index contributed by atoms with van der Waals surface area (Å²) in [6, 6.07) is -4.22. The Morgan fingerprint density at radius 1 is 0.635 bits per heavy atom. The van der Waals surface area contributed by atoms with Crippen LogP contribution in [0, 0.1) is 22.7 Å². The number of aliphatic carboxylic acids is 1. The molecule has 6 aliphatic rings. The number of carbonyl (C=O) groups excluding carboxylic acids is 7. The van der Waals surface area contributed by atoms with Gasteiger partial charge in [0.25, 0.3) is 0 Å². The van der Waals surface area contributed by atoms with E-state index in [-0.39, 0.29) is 108 Å². The van der Waals surface area contributed by atoms with Crippen LogP contribution in [0.3, 0.4) is 0 Å². The molecular weight excluding hydrogens is 979 g/mol. The van der Waals surface area contributed by atoms with Crippen molar-refractivity contribution in [2.45, 2.75) is 223 Å². The van der Waals surface area contributed by atoms with Crippen LogP contribution in [0.5, 0.6) is 0 Å². The molecule has 74 heavy (non-hydrogen) atoms. The van der Waals surface area contributed by atoms with Crippen molar-refractivity contribution in [2.75, 3.05) is 19.7 Å². The second-order valence-electron chi connectivity index (χ2n) is 22.9. The number of esters is 1. The first-order chi connectivity index (χ1) is 33.3. The van der Waals surface area contributed by atoms with Gasteiger partial charge in [0, 0.05) is 64.5 Å². The van der Waals surface area contributed by atoms with Crippen LogP contribution in [0.25, 0.3) is 0 Å². The fourth-order valence-corrected chi connectivity index (χ4v) is 10.8. The Morgan fingerprint density at radius 2 is 1.01 bits per heavy atom. The van der Waals surface area contributed by atoms with Crippen LogP contribution in [0.1, 0.15) is 164 Å². The van der Waals surface area contributed by atoms with Crippen molar-refractivity contribution in [2.24, 2.45) is 22.7 Å². The molecule has 6 N–H and O–H groups in total. The fourth-order valence-electron chi connectivity index (χ4n) is 10.8. The number of nitrogens with one attached hydrogen (secondary N) is 2. The van der Waals surface area contributed by atoms with Gasteiger partial charge in [-0.2, -0.15) is 0 Å². The molecule has 0 aromatic rings. The SMILES string of the molecule is CC(C)(C)OC(=O)N[C@H]1CCCCCC(F)(F)C[C@@H]2C[C@@]2(C(=O)O)CC(=O)[C@@H]2C[C@@H](O)CN2C1=O.CCOC(=O)[C@]12CC(=O)[C@@H]3C[C@@H](O)CN3C(=O)[C@@H](NC(=O)OC(C)(C)C)CCCCCC(F)(F)C[C@@H]1C2.[Li+].[OH-]. The van der Waals surface area contributed by atoms with E-state index in [1.165, 1.54) is 9.80 Å². The maximum absolute atomic E-state index is 14.8. The van der Waals surface area contributed by atoms with Crippen molar-refractivity contribution in [1.29, 1.82) is 0 Å². The van der Waals surface area contributed by atoms with Crippen LogP contribution in [0.4, 0.5) is 27.2 Å². The summed E-state index contributed by atoms with van der Waals surface area (Å²) in [6.07, 6.45) is -3.97. The molecule has 4 aliphatic heterocycles. The number of ketones is 2. The molecule has 0 aromatic heterocycles. The van der Waals surface area contributed by atoms with E-state index < -0.39 is 155 Å². The first-order valence-electron chi connectivity index (χ1n) is 25.5. The monoisotopic (exact) mass is 1060 g/mol. The van der Waals surface area contributed by atoms with Gasteiger partial charge in [0.15, 0.2) is 11.6 Å². The number of fused-ring (bicyclic) bond motifs is 4. The van der Waals surface area contributed by atoms with Crippen LogP contribution < -0.4 is 29.5 Å². The van der Waals surface area contributed by atoms with Gasteiger partial charge in [-0.1, -0.05) is 25.7 Å². The molecule has 0 bridgehead atoms. The number of Topliss-reactive ketones (excluding diaryl/α,β-unsaturated/α-hetero) is 2. The van der Waals surface area contributed by atoms with E-state index in [0.29, 0.717) is 25.7 Å². The van der Waals surface area contributed by atoms with Gasteiger partial charge in [0.1, 0.15) is 23.3 Å². The summed E-state index contributed by atoms with van der Waals surface area (Å²) in [4.78, 5) is 106. The standard InChI is InChI=1S/C26H40F2N2O7.C24H36F2N2O7.Li.H2O/c1-5-36-22(34)25-12-16(25)13-26(27,28)10-8-6-7-9-18(29-23(35)37-24(2,3)4)21(33)30-15-17(31)11-19(30)20(32)14-25;1-22(2,3)35-21(34)27-16-7-5-4-6-8-24(25,26)11-14-10-23(14,20(32)33)12-18(30)17-9-15(29)13-28(17)19(16)31;;/h16-19,31H,5-15H2,1-4H3,(H,29,35);14-17,29H,4-13H2,1-3H3,(H,27,34)(H,32,33);;1H2/q;;+1;/p-1/t16-,17+,18-,19-,25+;14-,15+,16-,17-,23+;;/m00../s1. The number of carboxylic acid groups (broad SMARTS) is 1. The molecule has 24 heteroatoms. The molecule has 2 saturated carbocycles. The van der Waals surface area contributed by atoms with Crippen molar-refractivity contribution in [3.8, 4) is 0 Å². The van der Waals surface area contributed by atoms with E-state index in [2.05, 4.69) is 10.6 Å². The Balaban J connectivity index is 0.000000381. The Bertz CT molecular complexity index is 2040. The third-order valence-electron chi connectivity index (χ3n) is 14.6. The zero-order valence-corrected chi connectivity index (χ0v) is 44.2. The zero-order chi connectivity index (χ0) is 53.8. The topological polar surface area (TPSA) is 285 Å². The number of hydrogen-bond acceptors (Lipinski definition) is 14. The van der Waals surface area contributed by atoms with Crippen LogP contribution in [-0.2, 0) is 43.0 Å². The van der Waals surface area contributed by atoms with E-state index in [1.54, 1.807) is 48.5 Å². The number of hydrogen-bond donors (Lipinski definition) is 5. The van der Waals surface area contributed by atoms with Crippen molar-refractivity contribution >= 4 is 47.5 Å². The van der Waals surface area contributed by atoms with Crippen molar-refractivity contribution in [3.63, 3.8) is 0 Å². The smallest absolute Gasteiger partial charge is 0.870 e. The molecule has 6 rings (SSSR count). The van der Waals surface area contributed by atoms with Crippen LogP contribution >= 0.6 is 0 Å². The molecule has 0 unspecified atom stereocenters. The summed E-state index contributed by atoms with van der Waals surface area (Å²) in [5.74, 6) is -11.7. The number of alkyl carbamates (subject to hydrolysis) is 2. The van der Waals surface area contributed by atoms with Gasteiger partial charge < -0.3 is 55.4 Å². The second-order valence-corrected chi connectivity index (χ2v) is 22.9. The minimum atomic E-state index is -3.05. The van der Waals surface area contributed by atoms with Crippen molar-refractivity contribution in [1.82, 2.24) is 20.4 Å². The van der Waals surface area contributed by atoms with Gasteiger partial charge in [-0.05, 0) is 98.8 Å². The number of amides is 4. The third-order valence-corrected chi connectivity index (χ3v) is 14.6.